The number of hydrogen-bond donors (Lipinski definition) is 1. The van der Waals surface area contributed by atoms with E-state index in [1.165, 1.54) is 0 Å². The van der Waals surface area contributed by atoms with Gasteiger partial charge in [0.1, 0.15) is 5.82 Å². The molecule has 1 N–H and O–H groups in total. The van der Waals surface area contributed by atoms with E-state index >= 15 is 0 Å². The molecule has 0 aliphatic carbocycles. The molecule has 0 atom stereocenters. The number of pyridine rings is 1. The summed E-state index contributed by atoms with van der Waals surface area (Å²) >= 11 is 0. The molecule has 2 heterocycles. The molecule has 5 nitrogen and oxygen atoms in total. The third kappa shape index (κ3) is 3.20. The smallest absolute Gasteiger partial charge is 0.230 e. The molecule has 24 heavy (non-hydrogen) atoms. The number of benzene rings is 1. The maximum atomic E-state index is 12.5. The number of anilines is 1. The van der Waals surface area contributed by atoms with E-state index in [1.807, 2.05) is 63.4 Å². The van der Waals surface area contributed by atoms with Gasteiger partial charge in [-0.15, -0.1) is 0 Å². The number of aryl methyl sites for hydroxylation is 2. The standard InChI is InChI=1S/C19H20N4O/c1-13-17(14(2)23(3)22-13)12-18(24)21-19-16(10-7-11-20-19)15-8-5-4-6-9-15/h4-11H,12H2,1-3H3,(H,20,21,24). The van der Waals surface area contributed by atoms with Crippen molar-refractivity contribution in [3.05, 3.63) is 65.6 Å². The maximum absolute atomic E-state index is 12.5. The van der Waals surface area contributed by atoms with Crippen LogP contribution in [0.4, 0.5) is 5.82 Å². The first-order valence-electron chi connectivity index (χ1n) is 7.85. The average Bonchev–Trinajstić information content (AvgIpc) is 2.82. The van der Waals surface area contributed by atoms with Crippen LogP contribution in [0, 0.1) is 13.8 Å². The van der Waals surface area contributed by atoms with Crippen molar-refractivity contribution in [3.63, 3.8) is 0 Å². The van der Waals surface area contributed by atoms with Gasteiger partial charge < -0.3 is 5.32 Å². The quantitative estimate of drug-likeness (QED) is 0.802. The van der Waals surface area contributed by atoms with Crippen molar-refractivity contribution in [1.82, 2.24) is 14.8 Å². The molecule has 0 saturated heterocycles. The van der Waals surface area contributed by atoms with Gasteiger partial charge in [-0.3, -0.25) is 9.48 Å². The third-order valence-corrected chi connectivity index (χ3v) is 4.15. The minimum atomic E-state index is -0.0925. The molecule has 1 aromatic carbocycles. The van der Waals surface area contributed by atoms with Crippen LogP contribution in [0.1, 0.15) is 17.0 Å². The van der Waals surface area contributed by atoms with E-state index in [4.69, 9.17) is 0 Å². The van der Waals surface area contributed by atoms with Crippen molar-refractivity contribution in [2.24, 2.45) is 7.05 Å². The SMILES string of the molecule is Cc1nn(C)c(C)c1CC(=O)Nc1ncccc1-c1ccccc1. The average molecular weight is 320 g/mol. The van der Waals surface area contributed by atoms with Crippen molar-refractivity contribution in [1.29, 1.82) is 0 Å². The van der Waals surface area contributed by atoms with Gasteiger partial charge >= 0.3 is 0 Å². The lowest BCUT2D eigenvalue weighted by Crippen LogP contribution is -2.16. The van der Waals surface area contributed by atoms with Gasteiger partial charge in [0.25, 0.3) is 0 Å². The Labute approximate surface area is 141 Å². The molecule has 5 heteroatoms. The summed E-state index contributed by atoms with van der Waals surface area (Å²) in [7, 11) is 1.88. The molecule has 0 radical (unpaired) electrons. The first kappa shape index (κ1) is 15.9. The van der Waals surface area contributed by atoms with Gasteiger partial charge in [0.05, 0.1) is 12.1 Å². The van der Waals surface area contributed by atoms with Crippen LogP contribution in [0.2, 0.25) is 0 Å². The van der Waals surface area contributed by atoms with Crippen LogP contribution in [-0.4, -0.2) is 20.7 Å². The van der Waals surface area contributed by atoms with Crippen LogP contribution in [0.5, 0.6) is 0 Å². The highest BCUT2D eigenvalue weighted by Gasteiger charge is 2.15. The summed E-state index contributed by atoms with van der Waals surface area (Å²) in [5.74, 6) is 0.484. The third-order valence-electron chi connectivity index (χ3n) is 4.15. The predicted molar refractivity (Wildman–Crippen MR) is 94.7 cm³/mol. The Kier molecular flexibility index (Phi) is 4.42. The second kappa shape index (κ2) is 6.66. The number of hydrogen-bond acceptors (Lipinski definition) is 3. The molecule has 0 spiro atoms. The Morgan fingerprint density at radius 2 is 1.88 bits per heavy atom. The van der Waals surface area contributed by atoms with E-state index < -0.39 is 0 Å². The zero-order chi connectivity index (χ0) is 17.1. The van der Waals surface area contributed by atoms with Crippen molar-refractivity contribution in [2.45, 2.75) is 20.3 Å². The lowest BCUT2D eigenvalue weighted by Gasteiger charge is -2.10. The van der Waals surface area contributed by atoms with Gasteiger partial charge in [-0.1, -0.05) is 30.3 Å². The van der Waals surface area contributed by atoms with Crippen LogP contribution in [0.25, 0.3) is 11.1 Å². The Hall–Kier alpha value is -2.95. The normalized spacial score (nSPS) is 10.6. The molecule has 0 unspecified atom stereocenters. The predicted octanol–water partition coefficient (Wildman–Crippen LogP) is 3.28. The maximum Gasteiger partial charge on any atom is 0.230 e. The van der Waals surface area contributed by atoms with E-state index in [1.54, 1.807) is 10.9 Å². The summed E-state index contributed by atoms with van der Waals surface area (Å²) in [6, 6.07) is 13.7. The molecule has 0 aliphatic heterocycles. The summed E-state index contributed by atoms with van der Waals surface area (Å²) in [4.78, 5) is 16.8. The summed E-state index contributed by atoms with van der Waals surface area (Å²) in [6.45, 7) is 3.89. The summed E-state index contributed by atoms with van der Waals surface area (Å²) in [5, 5.41) is 7.29. The molecule has 3 rings (SSSR count). The van der Waals surface area contributed by atoms with Gasteiger partial charge in [-0.2, -0.15) is 5.10 Å². The lowest BCUT2D eigenvalue weighted by atomic mass is 10.1. The van der Waals surface area contributed by atoms with Crippen molar-refractivity contribution >= 4 is 11.7 Å². The zero-order valence-electron chi connectivity index (χ0n) is 14.1. The first-order valence-corrected chi connectivity index (χ1v) is 7.85. The lowest BCUT2D eigenvalue weighted by molar-refractivity contribution is -0.115. The summed E-state index contributed by atoms with van der Waals surface area (Å²) < 4.78 is 1.80. The van der Waals surface area contributed by atoms with Gasteiger partial charge in [0.15, 0.2) is 0 Å². The highest BCUT2D eigenvalue weighted by Crippen LogP contribution is 2.25. The van der Waals surface area contributed by atoms with Gasteiger partial charge in [-0.25, -0.2) is 4.98 Å². The number of nitrogens with zero attached hydrogens (tertiary/aromatic N) is 3. The monoisotopic (exact) mass is 320 g/mol. The first-order chi connectivity index (χ1) is 11.6. The highest BCUT2D eigenvalue weighted by atomic mass is 16.1. The van der Waals surface area contributed by atoms with E-state index in [9.17, 15) is 4.79 Å². The van der Waals surface area contributed by atoms with Crippen molar-refractivity contribution in [2.75, 3.05) is 5.32 Å². The van der Waals surface area contributed by atoms with Crippen LogP contribution < -0.4 is 5.32 Å². The minimum Gasteiger partial charge on any atom is -0.310 e. The number of carbonyl (C=O) groups excluding carboxylic acids is 1. The largest absolute Gasteiger partial charge is 0.310 e. The van der Waals surface area contributed by atoms with Gasteiger partial charge in [0.2, 0.25) is 5.91 Å². The second-order valence-electron chi connectivity index (χ2n) is 5.76. The van der Waals surface area contributed by atoms with E-state index in [-0.39, 0.29) is 12.3 Å². The topological polar surface area (TPSA) is 59.8 Å². The second-order valence-corrected chi connectivity index (χ2v) is 5.76. The fourth-order valence-corrected chi connectivity index (χ4v) is 2.77. The Morgan fingerprint density at radius 1 is 1.12 bits per heavy atom. The number of rotatable bonds is 4. The number of nitrogens with one attached hydrogen (secondary N) is 1. The zero-order valence-corrected chi connectivity index (χ0v) is 14.1. The number of amides is 1. The number of aromatic nitrogens is 3. The molecule has 0 bridgehead atoms. The molecule has 1 amide bonds. The van der Waals surface area contributed by atoms with Crippen molar-refractivity contribution in [3.8, 4) is 11.1 Å². The van der Waals surface area contributed by atoms with Crippen LogP contribution in [0.15, 0.2) is 48.7 Å². The fourth-order valence-electron chi connectivity index (χ4n) is 2.77. The Bertz CT molecular complexity index is 868. The van der Waals surface area contributed by atoms with Gasteiger partial charge in [0, 0.05) is 30.1 Å². The molecule has 0 aliphatic rings. The molecule has 2 aromatic heterocycles. The highest BCUT2D eigenvalue weighted by molar-refractivity contribution is 5.95. The Balaban J connectivity index is 1.83. The van der Waals surface area contributed by atoms with Crippen LogP contribution >= 0.6 is 0 Å². The molecular weight excluding hydrogens is 300 g/mol. The fraction of sp³-hybridized carbons (Fsp3) is 0.211. The molecule has 122 valence electrons. The van der Waals surface area contributed by atoms with E-state index in [0.717, 1.165) is 28.1 Å². The van der Waals surface area contributed by atoms with E-state index in [0.29, 0.717) is 5.82 Å². The molecule has 3 aromatic rings. The van der Waals surface area contributed by atoms with E-state index in [2.05, 4.69) is 15.4 Å². The number of carbonyl (C=O) groups is 1. The minimum absolute atomic E-state index is 0.0925. The summed E-state index contributed by atoms with van der Waals surface area (Å²) in [5.41, 5.74) is 4.79. The van der Waals surface area contributed by atoms with Gasteiger partial charge in [-0.05, 0) is 31.5 Å². The van der Waals surface area contributed by atoms with Crippen LogP contribution in [0.3, 0.4) is 0 Å². The Morgan fingerprint density at radius 3 is 2.54 bits per heavy atom. The van der Waals surface area contributed by atoms with Crippen molar-refractivity contribution < 1.29 is 4.79 Å². The molecule has 0 saturated carbocycles. The van der Waals surface area contributed by atoms with Crippen LogP contribution in [-0.2, 0) is 18.3 Å². The molecule has 0 fully saturated rings. The summed E-state index contributed by atoms with van der Waals surface area (Å²) in [6.07, 6.45) is 1.97. The molecular formula is C19H20N4O.